The molecule has 17 heavy (non-hydrogen) atoms. The maximum atomic E-state index is 12.5. The van der Waals surface area contributed by atoms with Gasteiger partial charge < -0.3 is 0 Å². The molecule has 2 rings (SSSR count). The summed E-state index contributed by atoms with van der Waals surface area (Å²) in [6.45, 7) is 0. The predicted molar refractivity (Wildman–Crippen MR) is 57.6 cm³/mol. The van der Waals surface area contributed by atoms with Crippen LogP contribution in [0.25, 0.3) is 0 Å². The van der Waals surface area contributed by atoms with Crippen LogP contribution in [0.4, 0.5) is 13.2 Å². The fourth-order valence-corrected chi connectivity index (χ4v) is 2.00. The lowest BCUT2D eigenvalue weighted by Crippen LogP contribution is -2.04. The zero-order chi connectivity index (χ0) is 12.3. The van der Waals surface area contributed by atoms with Crippen molar-refractivity contribution < 1.29 is 13.2 Å². The van der Waals surface area contributed by atoms with Gasteiger partial charge >= 0.3 is 6.18 Å². The summed E-state index contributed by atoms with van der Waals surface area (Å²) in [4.78, 5) is 8.17. The first-order valence-corrected chi connectivity index (χ1v) is 5.48. The molecule has 0 amide bonds. The summed E-state index contributed by atoms with van der Waals surface area (Å²) < 4.78 is 37.4. The molecule has 0 aliphatic rings. The van der Waals surface area contributed by atoms with E-state index in [4.69, 9.17) is 0 Å². The third-order valence-corrected chi connectivity index (χ3v) is 2.88. The van der Waals surface area contributed by atoms with Crippen LogP contribution in [0.3, 0.4) is 0 Å². The number of halogens is 3. The minimum atomic E-state index is -4.32. The number of benzene rings is 1. The summed E-state index contributed by atoms with van der Waals surface area (Å²) >= 11 is 1.17. The second kappa shape index (κ2) is 4.75. The average Bonchev–Trinajstić information content (AvgIpc) is 2.29. The molecule has 0 saturated heterocycles. The highest BCUT2D eigenvalue weighted by Crippen LogP contribution is 2.33. The second-order valence-corrected chi connectivity index (χ2v) is 4.27. The Hall–Kier alpha value is -1.56. The van der Waals surface area contributed by atoms with Crippen LogP contribution >= 0.6 is 11.8 Å². The van der Waals surface area contributed by atoms with Crippen LogP contribution in [0, 0.1) is 0 Å². The van der Waals surface area contributed by atoms with E-state index in [0.717, 1.165) is 12.1 Å². The largest absolute Gasteiger partial charge is 0.416 e. The van der Waals surface area contributed by atoms with Gasteiger partial charge in [0.1, 0.15) is 11.4 Å². The first-order chi connectivity index (χ1) is 8.05. The van der Waals surface area contributed by atoms with E-state index in [1.807, 2.05) is 0 Å². The normalized spacial score (nSPS) is 11.5. The molecule has 2 aromatic rings. The van der Waals surface area contributed by atoms with Crippen LogP contribution in [0.2, 0.25) is 0 Å². The van der Waals surface area contributed by atoms with E-state index >= 15 is 0 Å². The molecule has 1 aromatic carbocycles. The number of aromatic nitrogens is 2. The van der Waals surface area contributed by atoms with E-state index in [2.05, 4.69) is 9.97 Å². The van der Waals surface area contributed by atoms with Crippen LogP contribution in [-0.2, 0) is 6.18 Å². The molecule has 1 heterocycles. The van der Waals surface area contributed by atoms with Crippen LogP contribution in [0.15, 0.2) is 52.8 Å². The molecule has 0 saturated carbocycles. The van der Waals surface area contributed by atoms with Crippen LogP contribution in [0.1, 0.15) is 5.56 Å². The van der Waals surface area contributed by atoms with Gasteiger partial charge in [-0.15, -0.1) is 0 Å². The topological polar surface area (TPSA) is 25.8 Å². The van der Waals surface area contributed by atoms with Gasteiger partial charge in [0, 0.05) is 11.1 Å². The molecule has 0 bridgehead atoms. The third kappa shape index (κ3) is 3.20. The predicted octanol–water partition coefficient (Wildman–Crippen LogP) is 3.65. The Morgan fingerprint density at radius 1 is 1.12 bits per heavy atom. The third-order valence-electron chi connectivity index (χ3n) is 1.94. The Morgan fingerprint density at radius 3 is 2.59 bits per heavy atom. The Balaban J connectivity index is 2.23. The Morgan fingerprint density at radius 2 is 1.94 bits per heavy atom. The van der Waals surface area contributed by atoms with E-state index in [1.165, 1.54) is 24.2 Å². The number of hydrogen-bond acceptors (Lipinski definition) is 3. The average molecular weight is 256 g/mol. The highest BCUT2D eigenvalue weighted by atomic mass is 32.2. The first kappa shape index (κ1) is 11.9. The zero-order valence-electron chi connectivity index (χ0n) is 8.48. The quantitative estimate of drug-likeness (QED) is 0.767. The van der Waals surface area contributed by atoms with Crippen molar-refractivity contribution in [3.05, 3.63) is 48.4 Å². The molecule has 0 radical (unpaired) electrons. The summed E-state index contributed by atoms with van der Waals surface area (Å²) in [6.07, 6.45) is -1.42. The number of rotatable bonds is 2. The maximum absolute atomic E-state index is 12.5. The summed E-state index contributed by atoms with van der Waals surface area (Å²) in [5.41, 5.74) is -0.656. The number of alkyl halides is 3. The van der Waals surface area contributed by atoms with E-state index < -0.39 is 11.7 Å². The van der Waals surface area contributed by atoms with E-state index in [9.17, 15) is 13.2 Å². The molecule has 0 spiro atoms. The van der Waals surface area contributed by atoms with Gasteiger partial charge in [0.05, 0.1) is 5.56 Å². The molecule has 88 valence electrons. The summed E-state index contributed by atoms with van der Waals surface area (Å²) in [6, 6.07) is 6.79. The molecule has 0 fully saturated rings. The maximum Gasteiger partial charge on any atom is 0.416 e. The van der Waals surface area contributed by atoms with Crippen molar-refractivity contribution in [1.29, 1.82) is 0 Å². The molecular weight excluding hydrogens is 249 g/mol. The summed E-state index contributed by atoms with van der Waals surface area (Å²) in [5, 5.41) is 0.610. The highest BCUT2D eigenvalue weighted by molar-refractivity contribution is 7.99. The Labute approximate surface area is 99.9 Å². The minimum absolute atomic E-state index is 0.499. The fourth-order valence-electron chi connectivity index (χ4n) is 1.20. The molecular formula is C11H7F3N2S. The smallest absolute Gasteiger partial charge is 0.245 e. The zero-order valence-corrected chi connectivity index (χ0v) is 9.29. The summed E-state index contributed by atoms with van der Waals surface area (Å²) in [5.74, 6) is 0. The fraction of sp³-hybridized carbons (Fsp3) is 0.0909. The lowest BCUT2D eigenvalue weighted by atomic mass is 10.2. The monoisotopic (exact) mass is 256 g/mol. The molecule has 0 aliphatic carbocycles. The van der Waals surface area contributed by atoms with Gasteiger partial charge in [0.15, 0.2) is 0 Å². The van der Waals surface area contributed by atoms with Gasteiger partial charge in [-0.05, 0) is 24.3 Å². The van der Waals surface area contributed by atoms with E-state index in [1.54, 1.807) is 18.3 Å². The van der Waals surface area contributed by atoms with Gasteiger partial charge in [-0.25, -0.2) is 9.97 Å². The summed E-state index contributed by atoms with van der Waals surface area (Å²) in [7, 11) is 0. The molecule has 2 nitrogen and oxygen atoms in total. The number of nitrogens with zero attached hydrogens (tertiary/aromatic N) is 2. The molecule has 0 atom stereocenters. The van der Waals surface area contributed by atoms with Crippen LogP contribution < -0.4 is 0 Å². The van der Waals surface area contributed by atoms with Gasteiger partial charge in [-0.2, -0.15) is 13.2 Å². The lowest BCUT2D eigenvalue weighted by molar-refractivity contribution is -0.137. The van der Waals surface area contributed by atoms with Gasteiger partial charge in [0.25, 0.3) is 0 Å². The molecule has 6 heteroatoms. The lowest BCUT2D eigenvalue weighted by Gasteiger charge is -2.07. The van der Waals surface area contributed by atoms with Gasteiger partial charge in [-0.3, -0.25) is 0 Å². The molecule has 0 aliphatic heterocycles. The minimum Gasteiger partial charge on any atom is -0.245 e. The first-order valence-electron chi connectivity index (χ1n) is 4.67. The van der Waals surface area contributed by atoms with Crippen molar-refractivity contribution in [3.8, 4) is 0 Å². The molecule has 0 N–H and O–H groups in total. The van der Waals surface area contributed by atoms with Crippen molar-refractivity contribution in [2.45, 2.75) is 16.1 Å². The van der Waals surface area contributed by atoms with Gasteiger partial charge in [0.2, 0.25) is 0 Å². The SMILES string of the molecule is FC(F)(F)c1cccc(Sc2ccncn2)c1. The molecule has 1 aromatic heterocycles. The Kier molecular flexibility index (Phi) is 3.33. The Bertz CT molecular complexity index is 500. The number of hydrogen-bond donors (Lipinski definition) is 0. The van der Waals surface area contributed by atoms with E-state index in [0.29, 0.717) is 9.92 Å². The van der Waals surface area contributed by atoms with Crippen molar-refractivity contribution in [1.82, 2.24) is 9.97 Å². The standard InChI is InChI=1S/C11H7F3N2S/c12-11(13,14)8-2-1-3-9(6-8)17-10-4-5-15-7-16-10/h1-7H. The van der Waals surface area contributed by atoms with Crippen molar-refractivity contribution in [2.24, 2.45) is 0 Å². The van der Waals surface area contributed by atoms with Crippen molar-refractivity contribution >= 4 is 11.8 Å². The van der Waals surface area contributed by atoms with Crippen LogP contribution in [0.5, 0.6) is 0 Å². The molecule has 0 unspecified atom stereocenters. The highest BCUT2D eigenvalue weighted by Gasteiger charge is 2.30. The van der Waals surface area contributed by atoms with E-state index in [-0.39, 0.29) is 0 Å². The van der Waals surface area contributed by atoms with Crippen LogP contribution in [-0.4, -0.2) is 9.97 Å². The van der Waals surface area contributed by atoms with Crippen molar-refractivity contribution in [3.63, 3.8) is 0 Å². The second-order valence-electron chi connectivity index (χ2n) is 3.18. The van der Waals surface area contributed by atoms with Crippen molar-refractivity contribution in [2.75, 3.05) is 0 Å². The van der Waals surface area contributed by atoms with Gasteiger partial charge in [-0.1, -0.05) is 17.8 Å².